The van der Waals surface area contributed by atoms with E-state index >= 15 is 0 Å². The summed E-state index contributed by atoms with van der Waals surface area (Å²) in [6.45, 7) is 4.29. The van der Waals surface area contributed by atoms with E-state index in [-0.39, 0.29) is 10.6 Å². The molecule has 2 N–H and O–H groups in total. The number of aryl methyl sites for hydroxylation is 3. The van der Waals surface area contributed by atoms with Gasteiger partial charge in [0.25, 0.3) is 15.9 Å². The number of para-hydroxylation sites is 1. The Bertz CT molecular complexity index is 1760. The van der Waals surface area contributed by atoms with Crippen molar-refractivity contribution in [1.29, 1.82) is 0 Å². The first-order valence-corrected chi connectivity index (χ1v) is 14.8. The van der Waals surface area contributed by atoms with Gasteiger partial charge in [0.2, 0.25) is 0 Å². The zero-order valence-electron chi connectivity index (χ0n) is 22.2. The first kappa shape index (κ1) is 27.5. The number of fused-ring (bicyclic) bond motifs is 1. The van der Waals surface area contributed by atoms with Crippen molar-refractivity contribution in [2.75, 3.05) is 6.61 Å². The van der Waals surface area contributed by atoms with E-state index in [0.29, 0.717) is 19.4 Å². The number of H-pyrrole nitrogens is 1. The van der Waals surface area contributed by atoms with Gasteiger partial charge in [-0.15, -0.1) is 0 Å². The zero-order chi connectivity index (χ0) is 28.3. The van der Waals surface area contributed by atoms with Gasteiger partial charge >= 0.3 is 0 Å². The van der Waals surface area contributed by atoms with Crippen molar-refractivity contribution in [2.24, 2.45) is 0 Å². The fourth-order valence-electron chi connectivity index (χ4n) is 4.77. The highest BCUT2D eigenvalue weighted by atomic mass is 35.5. The van der Waals surface area contributed by atoms with Crippen molar-refractivity contribution in [3.05, 3.63) is 118 Å². The molecule has 0 fully saturated rings. The molecule has 0 bridgehead atoms. The quantitative estimate of drug-likeness (QED) is 0.182. The number of carbonyl (C=O) groups excluding carboxylic acids is 1. The van der Waals surface area contributed by atoms with Gasteiger partial charge < -0.3 is 9.72 Å². The number of hydrogen-bond acceptors (Lipinski definition) is 4. The number of nitrogens with one attached hydrogen (secondary N) is 2. The van der Waals surface area contributed by atoms with E-state index in [9.17, 15) is 13.2 Å². The average molecular weight is 573 g/mol. The summed E-state index contributed by atoms with van der Waals surface area (Å²) in [4.78, 5) is 16.4. The molecule has 0 aliphatic heterocycles. The predicted octanol–water partition coefficient (Wildman–Crippen LogP) is 7.24. The number of benzene rings is 4. The Kier molecular flexibility index (Phi) is 7.96. The molecular weight excluding hydrogens is 544 g/mol. The van der Waals surface area contributed by atoms with Crippen LogP contribution in [0.3, 0.4) is 0 Å². The van der Waals surface area contributed by atoms with Crippen molar-refractivity contribution in [3.8, 4) is 16.9 Å². The molecule has 5 rings (SSSR count). The van der Waals surface area contributed by atoms with Gasteiger partial charge in [0.1, 0.15) is 11.4 Å². The van der Waals surface area contributed by atoms with E-state index in [1.807, 2.05) is 80.6 Å². The topological polar surface area (TPSA) is 88.3 Å². The van der Waals surface area contributed by atoms with E-state index in [4.69, 9.17) is 16.3 Å². The highest BCUT2D eigenvalue weighted by Crippen LogP contribution is 2.27. The maximum Gasteiger partial charge on any atom is 0.281 e. The molecule has 1 aromatic heterocycles. The lowest BCUT2D eigenvalue weighted by molar-refractivity contribution is 0.0976. The Morgan fingerprint density at radius 2 is 1.50 bits per heavy atom. The SMILES string of the molecule is Cc1cc(OCCCc2c(C(=O)NS(=O)(=O)c3ccc(-c4ccccc4)cc3)[nH]c3ccccc23)cc(C)c1Cl. The Labute approximate surface area is 239 Å². The largest absolute Gasteiger partial charge is 0.494 e. The lowest BCUT2D eigenvalue weighted by atomic mass is 10.1. The number of rotatable bonds is 9. The van der Waals surface area contributed by atoms with Crippen molar-refractivity contribution in [3.63, 3.8) is 0 Å². The first-order chi connectivity index (χ1) is 19.2. The molecule has 0 aliphatic rings. The number of aromatic nitrogens is 1. The molecule has 6 nitrogen and oxygen atoms in total. The molecule has 0 spiro atoms. The van der Waals surface area contributed by atoms with Crippen LogP contribution >= 0.6 is 11.6 Å². The minimum Gasteiger partial charge on any atom is -0.494 e. The fraction of sp³-hybridized carbons (Fsp3) is 0.156. The molecular formula is C32H29ClN2O4S. The number of carbonyl (C=O) groups is 1. The summed E-state index contributed by atoms with van der Waals surface area (Å²) in [5, 5.41) is 1.60. The van der Waals surface area contributed by atoms with Crippen LogP contribution in [0.2, 0.25) is 5.02 Å². The molecule has 1 amide bonds. The lowest BCUT2D eigenvalue weighted by Gasteiger charge is -2.11. The predicted molar refractivity (Wildman–Crippen MR) is 160 cm³/mol. The van der Waals surface area contributed by atoms with E-state index in [1.54, 1.807) is 12.1 Å². The second-order valence-corrected chi connectivity index (χ2v) is 11.7. The van der Waals surface area contributed by atoms with Gasteiger partial charge in [-0.25, -0.2) is 13.1 Å². The van der Waals surface area contributed by atoms with Gasteiger partial charge in [-0.2, -0.15) is 0 Å². The van der Waals surface area contributed by atoms with Crippen molar-refractivity contribution >= 4 is 38.4 Å². The summed E-state index contributed by atoms with van der Waals surface area (Å²) < 4.78 is 34.4. The highest BCUT2D eigenvalue weighted by Gasteiger charge is 2.23. The highest BCUT2D eigenvalue weighted by molar-refractivity contribution is 7.90. The molecule has 0 saturated carbocycles. The van der Waals surface area contributed by atoms with E-state index in [1.165, 1.54) is 12.1 Å². The maximum absolute atomic E-state index is 13.3. The van der Waals surface area contributed by atoms with Crippen molar-refractivity contribution in [1.82, 2.24) is 9.71 Å². The number of halogens is 1. The van der Waals surface area contributed by atoms with Gasteiger partial charge in [0, 0.05) is 15.9 Å². The second kappa shape index (κ2) is 11.6. The Morgan fingerprint density at radius 3 is 2.20 bits per heavy atom. The molecule has 1 heterocycles. The molecule has 0 radical (unpaired) electrons. The summed E-state index contributed by atoms with van der Waals surface area (Å²) in [5.74, 6) is 0.0314. The molecule has 40 heavy (non-hydrogen) atoms. The lowest BCUT2D eigenvalue weighted by Crippen LogP contribution is -2.31. The number of hydrogen-bond donors (Lipinski definition) is 2. The minimum absolute atomic E-state index is 0.0140. The molecule has 0 aliphatic carbocycles. The molecule has 8 heteroatoms. The number of sulfonamides is 1. The third-order valence-electron chi connectivity index (χ3n) is 6.79. The number of amides is 1. The standard InChI is InChI=1S/C32H29ClN2O4S/c1-21-19-25(20-22(2)30(21)33)39-18-8-12-28-27-11-6-7-13-29(27)34-31(28)32(36)35-40(37,38)26-16-14-24(15-17-26)23-9-4-3-5-10-23/h3-7,9-11,13-17,19-20,34H,8,12,18H2,1-2H3,(H,35,36). The van der Waals surface area contributed by atoms with Crippen LogP contribution in [0.4, 0.5) is 0 Å². The third kappa shape index (κ3) is 5.91. The second-order valence-electron chi connectivity index (χ2n) is 9.67. The van der Waals surface area contributed by atoms with Crippen LogP contribution in [-0.2, 0) is 16.4 Å². The van der Waals surface area contributed by atoms with E-state index in [0.717, 1.165) is 49.5 Å². The zero-order valence-corrected chi connectivity index (χ0v) is 23.8. The molecule has 5 aromatic rings. The summed E-state index contributed by atoms with van der Waals surface area (Å²) in [6.07, 6.45) is 1.14. The van der Waals surface area contributed by atoms with Gasteiger partial charge in [-0.3, -0.25) is 4.79 Å². The number of aromatic amines is 1. The smallest absolute Gasteiger partial charge is 0.281 e. The Hall–Kier alpha value is -4.07. The van der Waals surface area contributed by atoms with Gasteiger partial charge in [0.15, 0.2) is 0 Å². The van der Waals surface area contributed by atoms with Crippen LogP contribution in [0.25, 0.3) is 22.0 Å². The van der Waals surface area contributed by atoms with E-state index < -0.39 is 15.9 Å². The Balaban J connectivity index is 1.32. The van der Waals surface area contributed by atoms with Crippen LogP contribution in [0, 0.1) is 13.8 Å². The fourth-order valence-corrected chi connectivity index (χ4v) is 5.84. The van der Waals surface area contributed by atoms with Crippen molar-refractivity contribution < 1.29 is 17.9 Å². The van der Waals surface area contributed by atoms with Gasteiger partial charge in [0.05, 0.1) is 11.5 Å². The molecule has 0 saturated heterocycles. The monoisotopic (exact) mass is 572 g/mol. The molecule has 204 valence electrons. The van der Waals surface area contributed by atoms with Crippen LogP contribution in [0.5, 0.6) is 5.75 Å². The summed E-state index contributed by atoms with van der Waals surface area (Å²) in [6, 6.07) is 27.5. The third-order valence-corrected chi connectivity index (χ3v) is 8.73. The summed E-state index contributed by atoms with van der Waals surface area (Å²) in [5.41, 5.74) is 5.49. The minimum atomic E-state index is -4.09. The van der Waals surface area contributed by atoms with Crippen LogP contribution in [0.15, 0.2) is 95.9 Å². The van der Waals surface area contributed by atoms with Crippen LogP contribution < -0.4 is 9.46 Å². The first-order valence-electron chi connectivity index (χ1n) is 12.9. The van der Waals surface area contributed by atoms with Crippen LogP contribution in [0.1, 0.15) is 33.6 Å². The molecule has 0 atom stereocenters. The van der Waals surface area contributed by atoms with Crippen molar-refractivity contribution in [2.45, 2.75) is 31.6 Å². The summed E-state index contributed by atoms with van der Waals surface area (Å²) in [7, 11) is -4.09. The van der Waals surface area contributed by atoms with Gasteiger partial charge in [-0.05, 0) is 84.8 Å². The van der Waals surface area contributed by atoms with Crippen LogP contribution in [-0.4, -0.2) is 25.9 Å². The van der Waals surface area contributed by atoms with Gasteiger partial charge in [-0.1, -0.05) is 72.3 Å². The molecule has 4 aromatic carbocycles. The maximum atomic E-state index is 13.3. The van der Waals surface area contributed by atoms with E-state index in [2.05, 4.69) is 9.71 Å². The molecule has 0 unspecified atom stereocenters. The normalized spacial score (nSPS) is 11.5. The average Bonchev–Trinajstić information content (AvgIpc) is 3.33. The number of ether oxygens (including phenoxy) is 1. The summed E-state index contributed by atoms with van der Waals surface area (Å²) >= 11 is 6.26. The Morgan fingerprint density at radius 1 is 0.875 bits per heavy atom.